The van der Waals surface area contributed by atoms with Gasteiger partial charge in [0.2, 0.25) is 0 Å². The molecule has 206 valence electrons. The third kappa shape index (κ3) is 5.96. The minimum absolute atomic E-state index is 0.0528. The van der Waals surface area contributed by atoms with E-state index in [-0.39, 0.29) is 19.1 Å². The molecule has 0 radical (unpaired) electrons. The van der Waals surface area contributed by atoms with E-state index in [1.807, 2.05) is 48.5 Å². The first-order valence-corrected chi connectivity index (χ1v) is 13.2. The van der Waals surface area contributed by atoms with Gasteiger partial charge in [-0.2, -0.15) is 0 Å². The summed E-state index contributed by atoms with van der Waals surface area (Å²) in [4.78, 5) is 29.4. The fourth-order valence-corrected chi connectivity index (χ4v) is 5.03. The van der Waals surface area contributed by atoms with E-state index >= 15 is 0 Å². The summed E-state index contributed by atoms with van der Waals surface area (Å²) in [5.41, 5.74) is 13.9. The lowest BCUT2D eigenvalue weighted by Crippen LogP contribution is -2.43. The van der Waals surface area contributed by atoms with E-state index in [1.165, 1.54) is 6.92 Å². The summed E-state index contributed by atoms with van der Waals surface area (Å²) in [6.45, 7) is 1.37. The number of carboxylic acid groups (broad SMARTS) is 1. The van der Waals surface area contributed by atoms with Gasteiger partial charge >= 0.3 is 12.1 Å². The molecule has 1 aliphatic carbocycles. The summed E-state index contributed by atoms with van der Waals surface area (Å²) < 4.78 is 11.8. The van der Waals surface area contributed by atoms with Crippen LogP contribution in [0.4, 0.5) is 10.5 Å². The van der Waals surface area contributed by atoms with Crippen molar-refractivity contribution in [1.29, 1.82) is 0 Å². The Morgan fingerprint density at radius 1 is 1.00 bits per heavy atom. The van der Waals surface area contributed by atoms with Crippen molar-refractivity contribution < 1.29 is 24.2 Å². The van der Waals surface area contributed by atoms with E-state index in [2.05, 4.69) is 10.0 Å². The molecule has 0 heterocycles. The van der Waals surface area contributed by atoms with Gasteiger partial charge in [0, 0.05) is 27.1 Å². The zero-order valence-electron chi connectivity index (χ0n) is 22.0. The minimum Gasteiger partial charge on any atom is -0.480 e. The molecule has 0 spiro atoms. The molecule has 1 aliphatic rings. The first kappa shape index (κ1) is 27.6. The SMILES string of the molecule is C[C@@H](C(=O)O)N(Cc1ccc(Cl)cc1Oc1ccc(N=[N+]=[N-])cc1)C(=O)OCC1c2ccccc2-c2ccccc21. The van der Waals surface area contributed by atoms with Crippen LogP contribution in [0.25, 0.3) is 21.6 Å². The number of rotatable bonds is 9. The number of ether oxygens (including phenoxy) is 2. The Morgan fingerprint density at radius 3 is 2.24 bits per heavy atom. The van der Waals surface area contributed by atoms with Gasteiger partial charge in [0.25, 0.3) is 0 Å². The second kappa shape index (κ2) is 12.0. The zero-order valence-corrected chi connectivity index (χ0v) is 22.7. The summed E-state index contributed by atoms with van der Waals surface area (Å²) >= 11 is 6.23. The van der Waals surface area contributed by atoms with Crippen LogP contribution < -0.4 is 4.74 Å². The molecule has 0 saturated heterocycles. The number of carboxylic acids is 1. The molecule has 0 aromatic heterocycles. The van der Waals surface area contributed by atoms with Crippen LogP contribution in [-0.2, 0) is 16.1 Å². The lowest BCUT2D eigenvalue weighted by molar-refractivity contribution is -0.142. The highest BCUT2D eigenvalue weighted by Gasteiger charge is 2.32. The van der Waals surface area contributed by atoms with E-state index in [9.17, 15) is 14.7 Å². The summed E-state index contributed by atoms with van der Waals surface area (Å²) in [6, 6.07) is 26.1. The molecule has 41 heavy (non-hydrogen) atoms. The summed E-state index contributed by atoms with van der Waals surface area (Å²) in [5.74, 6) is -0.577. The molecule has 0 unspecified atom stereocenters. The fraction of sp³-hybridized carbons (Fsp3) is 0.161. The smallest absolute Gasteiger partial charge is 0.410 e. The number of fused-ring (bicyclic) bond motifs is 3. The van der Waals surface area contributed by atoms with Crippen molar-refractivity contribution in [3.63, 3.8) is 0 Å². The average molecular weight is 569 g/mol. The highest BCUT2D eigenvalue weighted by molar-refractivity contribution is 6.30. The summed E-state index contributed by atoms with van der Waals surface area (Å²) in [6.07, 6.45) is -0.763. The second-order valence-electron chi connectivity index (χ2n) is 9.48. The number of azide groups is 1. The molecule has 1 atom stereocenters. The first-order chi connectivity index (χ1) is 19.9. The fourth-order valence-electron chi connectivity index (χ4n) is 4.87. The number of carbonyl (C=O) groups excluding carboxylic acids is 1. The first-order valence-electron chi connectivity index (χ1n) is 12.8. The molecule has 4 aromatic carbocycles. The van der Waals surface area contributed by atoms with Gasteiger partial charge in [-0.25, -0.2) is 9.59 Å². The molecule has 1 N–H and O–H groups in total. The number of benzene rings is 4. The normalized spacial score (nSPS) is 12.4. The van der Waals surface area contributed by atoms with Crippen molar-refractivity contribution in [3.8, 4) is 22.6 Å². The third-order valence-electron chi connectivity index (χ3n) is 6.99. The van der Waals surface area contributed by atoms with E-state index in [1.54, 1.807) is 42.5 Å². The van der Waals surface area contributed by atoms with Gasteiger partial charge < -0.3 is 14.6 Å². The number of aliphatic carboxylic acids is 1. The van der Waals surface area contributed by atoms with Crippen LogP contribution in [0.15, 0.2) is 96.1 Å². The van der Waals surface area contributed by atoms with Crippen molar-refractivity contribution in [3.05, 3.63) is 123 Å². The number of hydrogen-bond donors (Lipinski definition) is 1. The van der Waals surface area contributed by atoms with Crippen LogP contribution in [-0.4, -0.2) is 34.7 Å². The lowest BCUT2D eigenvalue weighted by Gasteiger charge is -2.27. The van der Waals surface area contributed by atoms with Crippen molar-refractivity contribution in [1.82, 2.24) is 4.90 Å². The zero-order chi connectivity index (χ0) is 28.9. The van der Waals surface area contributed by atoms with Gasteiger partial charge in [-0.15, -0.1) is 0 Å². The van der Waals surface area contributed by atoms with E-state index in [0.717, 1.165) is 27.2 Å². The number of carbonyl (C=O) groups is 2. The van der Waals surface area contributed by atoms with E-state index in [4.69, 9.17) is 26.6 Å². The number of nitrogens with zero attached hydrogens (tertiary/aromatic N) is 4. The molecule has 0 saturated carbocycles. The Balaban J connectivity index is 1.37. The topological polar surface area (TPSA) is 125 Å². The Morgan fingerprint density at radius 2 is 1.63 bits per heavy atom. The monoisotopic (exact) mass is 568 g/mol. The van der Waals surface area contributed by atoms with Gasteiger partial charge in [0.15, 0.2) is 0 Å². The van der Waals surface area contributed by atoms with Crippen LogP contribution in [0.2, 0.25) is 5.02 Å². The Kier molecular flexibility index (Phi) is 8.10. The molecule has 5 rings (SSSR count). The van der Waals surface area contributed by atoms with Crippen LogP contribution in [0.5, 0.6) is 11.5 Å². The predicted octanol–water partition coefficient (Wildman–Crippen LogP) is 8.30. The Bertz CT molecular complexity index is 1610. The maximum Gasteiger partial charge on any atom is 0.410 e. The Hall–Kier alpha value is -4.98. The highest BCUT2D eigenvalue weighted by atomic mass is 35.5. The second-order valence-corrected chi connectivity index (χ2v) is 9.92. The van der Waals surface area contributed by atoms with E-state index in [0.29, 0.717) is 27.8 Å². The van der Waals surface area contributed by atoms with Gasteiger partial charge in [-0.1, -0.05) is 71.3 Å². The molecular weight excluding hydrogens is 544 g/mol. The molecule has 0 aliphatic heterocycles. The molecule has 0 fully saturated rings. The molecule has 9 nitrogen and oxygen atoms in total. The van der Waals surface area contributed by atoms with Crippen molar-refractivity contribution in [2.75, 3.05) is 6.61 Å². The van der Waals surface area contributed by atoms with Gasteiger partial charge in [-0.05, 0) is 71.1 Å². The molecule has 4 aromatic rings. The number of halogens is 1. The van der Waals surface area contributed by atoms with Gasteiger partial charge in [0.05, 0.1) is 6.54 Å². The maximum absolute atomic E-state index is 13.4. The molecule has 0 bridgehead atoms. The molecule has 1 amide bonds. The largest absolute Gasteiger partial charge is 0.480 e. The predicted molar refractivity (Wildman–Crippen MR) is 154 cm³/mol. The highest BCUT2D eigenvalue weighted by Crippen LogP contribution is 2.44. The summed E-state index contributed by atoms with van der Waals surface area (Å²) in [5, 5.41) is 13.7. The van der Waals surface area contributed by atoms with Crippen LogP contribution in [0.3, 0.4) is 0 Å². The number of amides is 1. The van der Waals surface area contributed by atoms with E-state index < -0.39 is 18.1 Å². The van der Waals surface area contributed by atoms with Crippen LogP contribution in [0, 0.1) is 0 Å². The van der Waals surface area contributed by atoms with Crippen molar-refractivity contribution in [2.45, 2.75) is 25.4 Å². The molecular formula is C31H25ClN4O5. The van der Waals surface area contributed by atoms with Crippen LogP contribution in [0.1, 0.15) is 29.5 Å². The lowest BCUT2D eigenvalue weighted by atomic mass is 9.98. The van der Waals surface area contributed by atoms with Crippen LogP contribution >= 0.6 is 11.6 Å². The summed E-state index contributed by atoms with van der Waals surface area (Å²) in [7, 11) is 0. The van der Waals surface area contributed by atoms with Crippen molar-refractivity contribution in [2.24, 2.45) is 5.11 Å². The average Bonchev–Trinajstić information content (AvgIpc) is 3.30. The standard InChI is InChI=1S/C31H25ClN4O5/c1-19(30(37)38)36(17-20-10-11-21(32)16-29(20)41-23-14-12-22(13-15-23)34-35-33)31(39)40-18-28-26-8-4-2-6-24(26)25-7-3-5-9-27(25)28/h2-16,19,28H,17-18H2,1H3,(H,37,38)/t19-/m0/s1. The third-order valence-corrected chi connectivity index (χ3v) is 7.23. The number of hydrogen-bond acceptors (Lipinski definition) is 5. The maximum atomic E-state index is 13.4. The quantitative estimate of drug-likeness (QED) is 0.123. The minimum atomic E-state index is -1.18. The molecule has 10 heteroatoms. The van der Waals surface area contributed by atoms with Gasteiger partial charge in [0.1, 0.15) is 24.1 Å². The van der Waals surface area contributed by atoms with Crippen molar-refractivity contribution >= 4 is 29.4 Å². The van der Waals surface area contributed by atoms with Gasteiger partial charge in [-0.3, -0.25) is 4.90 Å². The Labute approximate surface area is 241 Å².